The summed E-state index contributed by atoms with van der Waals surface area (Å²) in [7, 11) is -1.48. The van der Waals surface area contributed by atoms with Gasteiger partial charge in [-0.05, 0) is 52.2 Å². The van der Waals surface area contributed by atoms with E-state index in [-0.39, 0.29) is 16.8 Å². The zero-order valence-corrected chi connectivity index (χ0v) is 18.5. The number of nitrogens with zero attached hydrogens (tertiary/aromatic N) is 1. The zero-order valence-electron chi connectivity index (χ0n) is 17.7. The molecule has 2 aromatic carbocycles. The molecule has 0 fully saturated rings. The molecule has 2 aromatic rings. The molecule has 1 unspecified atom stereocenters. The predicted octanol–water partition coefficient (Wildman–Crippen LogP) is 4.55. The third kappa shape index (κ3) is 3.31. The Kier molecular flexibility index (Phi) is 4.54. The lowest BCUT2D eigenvalue weighted by atomic mass is 9.86. The van der Waals surface area contributed by atoms with Crippen LogP contribution in [0.2, 0.25) is 0 Å². The normalized spacial score (nSPS) is 17.2. The van der Waals surface area contributed by atoms with Crippen LogP contribution in [-0.4, -0.2) is 22.2 Å². The molecule has 0 spiro atoms. The molecule has 27 heavy (non-hydrogen) atoms. The summed E-state index contributed by atoms with van der Waals surface area (Å²) in [5, 5.41) is 0. The second-order valence-corrected chi connectivity index (χ2v) is 11.7. The molecule has 1 atom stereocenters. The minimum absolute atomic E-state index is 0.110. The molecule has 0 saturated heterocycles. The van der Waals surface area contributed by atoms with Crippen molar-refractivity contribution in [1.82, 2.24) is 0 Å². The van der Waals surface area contributed by atoms with Crippen molar-refractivity contribution in [3.63, 3.8) is 0 Å². The first-order chi connectivity index (χ1) is 12.2. The van der Waals surface area contributed by atoms with Crippen molar-refractivity contribution in [2.45, 2.75) is 75.0 Å². The van der Waals surface area contributed by atoms with E-state index in [9.17, 15) is 8.42 Å². The fraction of sp³-hybridized carbons (Fsp3) is 0.455. The van der Waals surface area contributed by atoms with E-state index in [4.69, 9.17) is 0 Å². The third-order valence-corrected chi connectivity index (χ3v) is 7.08. The summed E-state index contributed by atoms with van der Waals surface area (Å²) in [6, 6.07) is 11.8. The van der Waals surface area contributed by atoms with Crippen LogP contribution in [-0.2, 0) is 20.7 Å². The van der Waals surface area contributed by atoms with E-state index in [2.05, 4.69) is 73.3 Å². The van der Waals surface area contributed by atoms with Gasteiger partial charge in [-0.15, -0.1) is 0 Å². The molecular weight excluding hydrogens is 353 g/mol. The Hall–Kier alpha value is -1.75. The number of sulfone groups is 1. The highest BCUT2D eigenvalue weighted by Gasteiger charge is 2.36. The van der Waals surface area contributed by atoms with E-state index in [0.717, 1.165) is 22.5 Å². The highest BCUT2D eigenvalue weighted by molar-refractivity contribution is 7.92. The number of hydrogen-bond donors (Lipinski definition) is 0. The van der Waals surface area contributed by atoms with Crippen LogP contribution < -0.4 is 4.90 Å². The highest BCUT2D eigenvalue weighted by atomic mass is 32.2. The quantitative estimate of drug-likeness (QED) is 0.679. The van der Waals surface area contributed by atoms with Gasteiger partial charge < -0.3 is 4.90 Å². The Morgan fingerprint density at radius 3 is 1.48 bits per heavy atom. The molecule has 1 heterocycles. The molecule has 3 nitrogen and oxygen atoms in total. The molecule has 0 amide bonds. The van der Waals surface area contributed by atoms with E-state index in [1.54, 1.807) is 0 Å². The Labute approximate surface area is 165 Å². The van der Waals surface area contributed by atoms with Gasteiger partial charge in [-0.25, -0.2) is 8.42 Å². The smallest absolute Gasteiger partial charge is 0.210 e. The van der Waals surface area contributed by atoms with E-state index >= 15 is 0 Å². The van der Waals surface area contributed by atoms with Gasteiger partial charge in [0.15, 0.2) is 0 Å². The number of rotatable bonds is 1. The van der Waals surface area contributed by atoms with Crippen LogP contribution in [0, 0.1) is 0 Å². The number of benzene rings is 2. The fourth-order valence-electron chi connectivity index (χ4n) is 3.59. The number of fused-ring (bicyclic) bond motifs is 2. The molecule has 3 rings (SSSR count). The Morgan fingerprint density at radius 2 is 1.19 bits per heavy atom. The summed E-state index contributed by atoms with van der Waals surface area (Å²) < 4.78 is 27.2. The molecule has 144 valence electrons. The summed E-state index contributed by atoms with van der Waals surface area (Å²) in [6.07, 6.45) is 0. The molecule has 0 aliphatic carbocycles. The first-order valence-electron chi connectivity index (χ1n) is 9.58. The maximum atomic E-state index is 13.6. The van der Waals surface area contributed by atoms with Crippen molar-refractivity contribution in [2.75, 3.05) is 4.90 Å². The molecular formula is C22H30BNO2S. The lowest BCUT2D eigenvalue weighted by molar-refractivity contribution is 0.578. The number of anilines is 2. The summed E-state index contributed by atoms with van der Waals surface area (Å²) in [4.78, 5) is 2.98. The second-order valence-electron chi connectivity index (χ2n) is 9.83. The molecule has 0 radical (unpaired) electrons. The minimum Gasteiger partial charge on any atom is -0.345 e. The largest absolute Gasteiger partial charge is 0.345 e. The predicted molar refractivity (Wildman–Crippen MR) is 116 cm³/mol. The molecule has 0 aromatic heterocycles. The molecule has 1 aliphatic heterocycles. The van der Waals surface area contributed by atoms with E-state index in [0.29, 0.717) is 9.79 Å². The fourth-order valence-corrected chi connectivity index (χ4v) is 5.28. The average Bonchev–Trinajstić information content (AvgIpc) is 2.52. The third-order valence-electron chi connectivity index (χ3n) is 5.27. The maximum Gasteiger partial charge on any atom is 0.210 e. The topological polar surface area (TPSA) is 37.4 Å². The van der Waals surface area contributed by atoms with Crippen LogP contribution in [0.4, 0.5) is 11.4 Å². The van der Waals surface area contributed by atoms with Gasteiger partial charge in [0.05, 0.1) is 21.2 Å². The monoisotopic (exact) mass is 383 g/mol. The van der Waals surface area contributed by atoms with Crippen LogP contribution in [0.3, 0.4) is 0 Å². The maximum absolute atomic E-state index is 13.6. The summed E-state index contributed by atoms with van der Waals surface area (Å²) in [6.45, 7) is 14.7. The van der Waals surface area contributed by atoms with Crippen molar-refractivity contribution in [3.05, 3.63) is 47.5 Å². The zero-order chi connectivity index (χ0) is 20.4. The van der Waals surface area contributed by atoms with Crippen molar-refractivity contribution >= 4 is 29.1 Å². The Balaban J connectivity index is 2.35. The summed E-state index contributed by atoms with van der Waals surface area (Å²) in [5.74, 6) is 0.152. The van der Waals surface area contributed by atoms with Crippen LogP contribution in [0.25, 0.3) is 0 Å². The highest BCUT2D eigenvalue weighted by Crippen LogP contribution is 2.47. The standard InChI is InChI=1S/C22H30BNO2S/c1-14(23)24-17-10-8-15(21(2,3)4)12-19(17)27(25,26)20-13-16(22(5,6)7)9-11-18(20)24/h8-14H,23H2,1-7H3. The SMILES string of the molecule is BC(C)N1c2ccc(C(C)(C)C)cc2S(=O)(=O)c2cc(C(C)(C)C)ccc21. The van der Waals surface area contributed by atoms with Crippen LogP contribution in [0.1, 0.15) is 59.6 Å². The summed E-state index contributed by atoms with van der Waals surface area (Å²) in [5.41, 5.74) is 3.39. The second kappa shape index (κ2) is 6.13. The Morgan fingerprint density at radius 1 is 0.815 bits per heavy atom. The van der Waals surface area contributed by atoms with Gasteiger partial charge in [-0.1, -0.05) is 60.6 Å². The van der Waals surface area contributed by atoms with Gasteiger partial charge in [-0.3, -0.25) is 0 Å². The van der Waals surface area contributed by atoms with Crippen LogP contribution in [0.5, 0.6) is 0 Å². The molecule has 0 N–H and O–H groups in total. The van der Waals surface area contributed by atoms with Gasteiger partial charge in [0.25, 0.3) is 0 Å². The first-order valence-corrected chi connectivity index (χ1v) is 11.1. The molecule has 5 heteroatoms. The molecule has 0 bridgehead atoms. The minimum atomic E-state index is -3.58. The van der Waals surface area contributed by atoms with Crippen molar-refractivity contribution in [3.8, 4) is 0 Å². The Bertz CT molecular complexity index is 924. The van der Waals surface area contributed by atoms with Crippen LogP contribution >= 0.6 is 0 Å². The van der Waals surface area contributed by atoms with Gasteiger partial charge >= 0.3 is 0 Å². The van der Waals surface area contributed by atoms with Crippen molar-refractivity contribution in [2.24, 2.45) is 0 Å². The van der Waals surface area contributed by atoms with Gasteiger partial charge in [0, 0.05) is 0 Å². The van der Waals surface area contributed by atoms with Gasteiger partial charge in [-0.2, -0.15) is 0 Å². The number of hydrogen-bond acceptors (Lipinski definition) is 3. The lowest BCUT2D eigenvalue weighted by Gasteiger charge is -2.37. The van der Waals surface area contributed by atoms with Gasteiger partial charge in [0.2, 0.25) is 9.84 Å². The van der Waals surface area contributed by atoms with Crippen LogP contribution in [0.15, 0.2) is 46.2 Å². The van der Waals surface area contributed by atoms with Crippen molar-refractivity contribution < 1.29 is 8.42 Å². The first kappa shape index (κ1) is 20.0. The molecule has 1 aliphatic rings. The van der Waals surface area contributed by atoms with Gasteiger partial charge in [0.1, 0.15) is 7.85 Å². The van der Waals surface area contributed by atoms with Crippen molar-refractivity contribution in [1.29, 1.82) is 0 Å². The molecule has 0 saturated carbocycles. The average molecular weight is 383 g/mol. The van der Waals surface area contributed by atoms with E-state index in [1.165, 1.54) is 0 Å². The van der Waals surface area contributed by atoms with E-state index < -0.39 is 9.84 Å². The van der Waals surface area contributed by atoms with E-state index in [1.807, 2.05) is 24.3 Å². The lowest BCUT2D eigenvalue weighted by Crippen LogP contribution is -2.34. The summed E-state index contributed by atoms with van der Waals surface area (Å²) >= 11 is 0.